The van der Waals surface area contributed by atoms with Gasteiger partial charge in [0.05, 0.1) is 0 Å². The van der Waals surface area contributed by atoms with Gasteiger partial charge in [-0.1, -0.05) is 11.6 Å². The molecule has 0 unspecified atom stereocenters. The number of rotatable bonds is 3. The fraction of sp³-hybridized carbons (Fsp3) is 0.417. The molecule has 0 radical (unpaired) electrons. The number of aryl methyl sites for hydroxylation is 1. The second-order valence-electron chi connectivity index (χ2n) is 4.71. The number of fused-ring (bicyclic) bond motifs is 1. The number of hydrogen-bond donors (Lipinski definition) is 1. The number of oxazole rings is 1. The molecule has 0 fully saturated rings. The lowest BCUT2D eigenvalue weighted by Gasteiger charge is -2.16. The molecule has 1 aromatic heterocycles. The average Bonchev–Trinajstić information content (AvgIpc) is 2.55. The Morgan fingerprint density at radius 1 is 1.44 bits per heavy atom. The average molecular weight is 239 g/mol. The predicted molar refractivity (Wildman–Crippen MR) is 65.6 cm³/mol. The van der Waals surface area contributed by atoms with Crippen molar-refractivity contribution in [2.75, 3.05) is 0 Å². The minimum Gasteiger partial charge on any atom is -0.441 e. The normalized spacial score (nSPS) is 12.2. The van der Waals surface area contributed by atoms with E-state index in [0.29, 0.717) is 5.02 Å². The zero-order valence-corrected chi connectivity index (χ0v) is 10.2. The Labute approximate surface area is 99.6 Å². The minimum atomic E-state index is -0.196. The molecule has 0 saturated carbocycles. The molecule has 2 N–H and O–H groups in total. The van der Waals surface area contributed by atoms with Crippen molar-refractivity contribution in [3.05, 3.63) is 29.1 Å². The third-order valence-corrected chi connectivity index (χ3v) is 2.61. The number of nitrogens with zero attached hydrogens (tertiary/aromatic N) is 1. The van der Waals surface area contributed by atoms with Crippen molar-refractivity contribution in [3.8, 4) is 0 Å². The van der Waals surface area contributed by atoms with E-state index in [1.54, 1.807) is 6.07 Å². The van der Waals surface area contributed by atoms with Crippen LogP contribution in [0.15, 0.2) is 22.6 Å². The van der Waals surface area contributed by atoms with E-state index in [2.05, 4.69) is 4.98 Å². The van der Waals surface area contributed by atoms with Crippen molar-refractivity contribution >= 4 is 22.7 Å². The summed E-state index contributed by atoms with van der Waals surface area (Å²) >= 11 is 5.87. The lowest BCUT2D eigenvalue weighted by Crippen LogP contribution is -2.32. The highest BCUT2D eigenvalue weighted by Gasteiger charge is 2.13. The Hall–Kier alpha value is -1.06. The van der Waals surface area contributed by atoms with Crippen LogP contribution < -0.4 is 5.73 Å². The second-order valence-corrected chi connectivity index (χ2v) is 5.14. The molecule has 0 saturated heterocycles. The van der Waals surface area contributed by atoms with Crippen LogP contribution in [0.2, 0.25) is 5.02 Å². The molecular weight excluding hydrogens is 224 g/mol. The molecule has 3 nitrogen and oxygen atoms in total. The summed E-state index contributed by atoms with van der Waals surface area (Å²) in [7, 11) is 0. The number of halogens is 1. The standard InChI is InChI=1S/C12H15ClN2O/c1-12(2,14)6-5-11-15-9-4-3-8(13)7-10(9)16-11/h3-4,7H,5-6,14H2,1-2H3. The molecule has 0 amide bonds. The van der Waals surface area contributed by atoms with Gasteiger partial charge in [0.2, 0.25) is 0 Å². The summed E-state index contributed by atoms with van der Waals surface area (Å²) in [6.45, 7) is 3.99. The van der Waals surface area contributed by atoms with Gasteiger partial charge in [-0.15, -0.1) is 0 Å². The molecule has 4 heteroatoms. The van der Waals surface area contributed by atoms with Gasteiger partial charge in [0.1, 0.15) is 5.52 Å². The van der Waals surface area contributed by atoms with Gasteiger partial charge in [0.15, 0.2) is 11.5 Å². The van der Waals surface area contributed by atoms with E-state index in [1.165, 1.54) is 0 Å². The first-order chi connectivity index (χ1) is 7.44. The van der Waals surface area contributed by atoms with Crippen LogP contribution in [-0.2, 0) is 6.42 Å². The molecule has 1 heterocycles. The Balaban J connectivity index is 2.20. The van der Waals surface area contributed by atoms with Crippen molar-refractivity contribution in [2.24, 2.45) is 5.73 Å². The van der Waals surface area contributed by atoms with Crippen molar-refractivity contribution in [1.29, 1.82) is 0 Å². The topological polar surface area (TPSA) is 52.0 Å². The van der Waals surface area contributed by atoms with Gasteiger partial charge in [0.25, 0.3) is 0 Å². The third-order valence-electron chi connectivity index (χ3n) is 2.38. The summed E-state index contributed by atoms with van der Waals surface area (Å²) in [6.07, 6.45) is 1.59. The molecule has 0 aliphatic heterocycles. The SMILES string of the molecule is CC(C)(N)CCc1nc2ccc(Cl)cc2o1. The molecule has 0 spiro atoms. The lowest BCUT2D eigenvalue weighted by atomic mass is 10.0. The first kappa shape index (κ1) is 11.4. The maximum absolute atomic E-state index is 5.91. The number of hydrogen-bond acceptors (Lipinski definition) is 3. The summed E-state index contributed by atoms with van der Waals surface area (Å²) in [5.74, 6) is 0.718. The molecule has 0 aliphatic carbocycles. The highest BCUT2D eigenvalue weighted by atomic mass is 35.5. The van der Waals surface area contributed by atoms with Gasteiger partial charge in [0, 0.05) is 23.0 Å². The summed E-state index contributed by atoms with van der Waals surface area (Å²) in [5.41, 5.74) is 7.29. The Morgan fingerprint density at radius 3 is 2.88 bits per heavy atom. The van der Waals surface area contributed by atoms with E-state index in [1.807, 2.05) is 26.0 Å². The van der Waals surface area contributed by atoms with Gasteiger partial charge in [-0.2, -0.15) is 0 Å². The van der Waals surface area contributed by atoms with Crippen LogP contribution in [0.1, 0.15) is 26.2 Å². The van der Waals surface area contributed by atoms with Crippen LogP contribution in [0, 0.1) is 0 Å². The van der Waals surface area contributed by atoms with Crippen molar-refractivity contribution in [3.63, 3.8) is 0 Å². The van der Waals surface area contributed by atoms with Crippen molar-refractivity contribution in [1.82, 2.24) is 4.98 Å². The molecule has 2 rings (SSSR count). The molecular formula is C12H15ClN2O. The molecule has 0 aliphatic rings. The minimum absolute atomic E-state index is 0.196. The largest absolute Gasteiger partial charge is 0.441 e. The Morgan fingerprint density at radius 2 is 2.19 bits per heavy atom. The van der Waals surface area contributed by atoms with Crippen LogP contribution in [-0.4, -0.2) is 10.5 Å². The van der Waals surface area contributed by atoms with Crippen LogP contribution in [0.5, 0.6) is 0 Å². The van der Waals surface area contributed by atoms with Crippen LogP contribution in [0.3, 0.4) is 0 Å². The smallest absolute Gasteiger partial charge is 0.195 e. The maximum Gasteiger partial charge on any atom is 0.195 e. The van der Waals surface area contributed by atoms with Crippen molar-refractivity contribution in [2.45, 2.75) is 32.2 Å². The fourth-order valence-corrected chi connectivity index (χ4v) is 1.64. The van der Waals surface area contributed by atoms with E-state index in [4.69, 9.17) is 21.8 Å². The van der Waals surface area contributed by atoms with Crippen LogP contribution in [0.4, 0.5) is 0 Å². The fourth-order valence-electron chi connectivity index (χ4n) is 1.48. The van der Waals surface area contributed by atoms with Gasteiger partial charge < -0.3 is 10.2 Å². The number of aromatic nitrogens is 1. The molecule has 0 atom stereocenters. The van der Waals surface area contributed by atoms with Gasteiger partial charge in [-0.25, -0.2) is 4.98 Å². The summed E-state index contributed by atoms with van der Waals surface area (Å²) in [6, 6.07) is 5.45. The predicted octanol–water partition coefficient (Wildman–Crippen LogP) is 3.15. The third kappa shape index (κ3) is 2.74. The Kier molecular flexibility index (Phi) is 2.91. The van der Waals surface area contributed by atoms with Gasteiger partial charge in [-0.3, -0.25) is 0 Å². The maximum atomic E-state index is 5.91. The first-order valence-corrected chi connectivity index (χ1v) is 5.66. The monoisotopic (exact) mass is 238 g/mol. The summed E-state index contributed by atoms with van der Waals surface area (Å²) in [5, 5.41) is 0.661. The Bertz CT molecular complexity index is 499. The lowest BCUT2D eigenvalue weighted by molar-refractivity contribution is 0.435. The molecule has 2 aromatic rings. The highest BCUT2D eigenvalue weighted by molar-refractivity contribution is 6.31. The summed E-state index contributed by atoms with van der Waals surface area (Å²) in [4.78, 5) is 4.38. The molecule has 1 aromatic carbocycles. The van der Waals surface area contributed by atoms with Crippen LogP contribution in [0.25, 0.3) is 11.1 Å². The molecule has 86 valence electrons. The van der Waals surface area contributed by atoms with E-state index >= 15 is 0 Å². The number of nitrogens with two attached hydrogens (primary N) is 1. The highest BCUT2D eigenvalue weighted by Crippen LogP contribution is 2.21. The molecule has 0 bridgehead atoms. The molecule has 16 heavy (non-hydrogen) atoms. The van der Waals surface area contributed by atoms with Gasteiger partial charge >= 0.3 is 0 Å². The first-order valence-electron chi connectivity index (χ1n) is 5.28. The quantitative estimate of drug-likeness (QED) is 0.894. The zero-order chi connectivity index (χ0) is 11.8. The summed E-state index contributed by atoms with van der Waals surface area (Å²) < 4.78 is 5.59. The van der Waals surface area contributed by atoms with E-state index < -0.39 is 0 Å². The second kappa shape index (κ2) is 4.07. The van der Waals surface area contributed by atoms with Crippen LogP contribution >= 0.6 is 11.6 Å². The van der Waals surface area contributed by atoms with E-state index in [0.717, 1.165) is 29.8 Å². The zero-order valence-electron chi connectivity index (χ0n) is 9.46. The number of benzene rings is 1. The van der Waals surface area contributed by atoms with E-state index in [-0.39, 0.29) is 5.54 Å². The van der Waals surface area contributed by atoms with Crippen molar-refractivity contribution < 1.29 is 4.42 Å². The van der Waals surface area contributed by atoms with E-state index in [9.17, 15) is 0 Å². The van der Waals surface area contributed by atoms with Gasteiger partial charge in [-0.05, 0) is 32.4 Å².